The molecule has 1 aromatic heterocycles. The fraction of sp³-hybridized carbons (Fsp3) is 0.125. The van der Waals surface area contributed by atoms with Crippen molar-refractivity contribution < 1.29 is 18.4 Å². The molecule has 0 unspecified atom stereocenters. The van der Waals surface area contributed by atoms with Crippen molar-refractivity contribution in [3.05, 3.63) is 48.3 Å². The van der Waals surface area contributed by atoms with Crippen LogP contribution in [0.15, 0.2) is 47.0 Å². The Morgan fingerprint density at radius 2 is 1.91 bits per heavy atom. The molecule has 0 aliphatic rings. The maximum absolute atomic E-state index is 13.0. The summed E-state index contributed by atoms with van der Waals surface area (Å²) in [6.45, 7) is 0. The van der Waals surface area contributed by atoms with Gasteiger partial charge in [0.25, 0.3) is 0 Å². The summed E-state index contributed by atoms with van der Waals surface area (Å²) in [6, 6.07) is 11.0. The molecule has 6 heteroatoms. The van der Waals surface area contributed by atoms with E-state index in [1.165, 1.54) is 17.0 Å². The molecule has 5 nitrogen and oxygen atoms in total. The van der Waals surface area contributed by atoms with Crippen LogP contribution in [0, 0.1) is 5.82 Å². The van der Waals surface area contributed by atoms with E-state index in [0.29, 0.717) is 17.0 Å². The van der Waals surface area contributed by atoms with Gasteiger partial charge in [-0.25, -0.2) is 9.18 Å². The second-order valence-corrected chi connectivity index (χ2v) is 4.96. The average Bonchev–Trinajstić information content (AvgIpc) is 2.91. The van der Waals surface area contributed by atoms with E-state index < -0.39 is 6.09 Å². The van der Waals surface area contributed by atoms with Crippen molar-refractivity contribution >= 4 is 17.1 Å². The molecule has 0 fully saturated rings. The number of carbonyl (C=O) groups is 1. The molecule has 1 heterocycles. The van der Waals surface area contributed by atoms with Crippen LogP contribution in [0.3, 0.4) is 0 Å². The first kappa shape index (κ1) is 14.1. The number of aromatic nitrogens is 1. The lowest BCUT2D eigenvalue weighted by Gasteiger charge is -2.10. The third kappa shape index (κ3) is 2.63. The molecule has 0 atom stereocenters. The van der Waals surface area contributed by atoms with E-state index in [1.807, 2.05) is 0 Å². The summed E-state index contributed by atoms with van der Waals surface area (Å²) in [5.41, 5.74) is 1.85. The molecule has 0 N–H and O–H groups in total. The van der Waals surface area contributed by atoms with Crippen LogP contribution < -0.4 is 4.74 Å². The molecular weight excluding hydrogens is 287 g/mol. The minimum Gasteiger partial charge on any atom is -0.410 e. The molecule has 2 aromatic carbocycles. The van der Waals surface area contributed by atoms with Crippen LogP contribution in [0.1, 0.15) is 0 Å². The van der Waals surface area contributed by atoms with Gasteiger partial charge in [-0.05, 0) is 36.4 Å². The van der Waals surface area contributed by atoms with Gasteiger partial charge in [0, 0.05) is 31.1 Å². The number of nitrogens with zero attached hydrogens (tertiary/aromatic N) is 2. The van der Waals surface area contributed by atoms with Gasteiger partial charge in [0.05, 0.1) is 0 Å². The molecule has 1 amide bonds. The lowest BCUT2D eigenvalue weighted by Crippen LogP contribution is -2.25. The molecule has 0 aliphatic carbocycles. The predicted octanol–water partition coefficient (Wildman–Crippen LogP) is 3.69. The first-order chi connectivity index (χ1) is 10.5. The van der Waals surface area contributed by atoms with Crippen LogP contribution >= 0.6 is 0 Å². The van der Waals surface area contributed by atoms with Gasteiger partial charge in [0.15, 0.2) is 5.58 Å². The highest BCUT2D eigenvalue weighted by atomic mass is 19.1. The third-order valence-electron chi connectivity index (χ3n) is 3.13. The average molecular weight is 300 g/mol. The third-order valence-corrected chi connectivity index (χ3v) is 3.13. The highest BCUT2D eigenvalue weighted by molar-refractivity contribution is 5.92. The maximum atomic E-state index is 13.0. The number of benzene rings is 2. The molecular formula is C16H13FN2O3. The van der Waals surface area contributed by atoms with Crippen molar-refractivity contribution in [3.8, 4) is 17.0 Å². The lowest BCUT2D eigenvalue weighted by atomic mass is 10.1. The quantitative estimate of drug-likeness (QED) is 0.724. The Hall–Kier alpha value is -2.89. The molecule has 0 spiro atoms. The summed E-state index contributed by atoms with van der Waals surface area (Å²) in [4.78, 5) is 12.9. The zero-order chi connectivity index (χ0) is 15.7. The van der Waals surface area contributed by atoms with E-state index in [1.54, 1.807) is 44.4 Å². The standard InChI is InChI=1S/C16H13FN2O3/c1-19(2)16(20)21-12-7-8-13-14(9-12)22-18-15(13)10-3-5-11(17)6-4-10/h3-9H,1-2H3. The number of fused-ring (bicyclic) bond motifs is 1. The number of amides is 1. The fourth-order valence-electron chi connectivity index (χ4n) is 1.99. The molecule has 3 aromatic rings. The largest absolute Gasteiger partial charge is 0.414 e. The van der Waals surface area contributed by atoms with Crippen LogP contribution in [0.4, 0.5) is 9.18 Å². The SMILES string of the molecule is CN(C)C(=O)Oc1ccc2c(-c3ccc(F)cc3)noc2c1. The normalized spacial score (nSPS) is 10.7. The predicted molar refractivity (Wildman–Crippen MR) is 79.1 cm³/mol. The molecule has 0 radical (unpaired) electrons. The van der Waals surface area contributed by atoms with Gasteiger partial charge >= 0.3 is 6.09 Å². The minimum atomic E-state index is -0.474. The number of halogens is 1. The lowest BCUT2D eigenvalue weighted by molar-refractivity contribution is 0.172. The highest BCUT2D eigenvalue weighted by Gasteiger charge is 2.13. The molecule has 112 valence electrons. The number of hydrogen-bond donors (Lipinski definition) is 0. The Kier molecular flexibility index (Phi) is 3.50. The summed E-state index contributed by atoms with van der Waals surface area (Å²) >= 11 is 0. The summed E-state index contributed by atoms with van der Waals surface area (Å²) in [7, 11) is 3.20. The highest BCUT2D eigenvalue weighted by Crippen LogP contribution is 2.30. The summed E-state index contributed by atoms with van der Waals surface area (Å²) in [5, 5.41) is 4.76. The monoisotopic (exact) mass is 300 g/mol. The summed E-state index contributed by atoms with van der Waals surface area (Å²) in [5.74, 6) is 0.0578. The van der Waals surface area contributed by atoms with E-state index >= 15 is 0 Å². The molecule has 0 bridgehead atoms. The molecule has 0 saturated heterocycles. The van der Waals surface area contributed by atoms with Gasteiger partial charge in [-0.2, -0.15) is 0 Å². The number of rotatable bonds is 2. The number of hydrogen-bond acceptors (Lipinski definition) is 4. The van der Waals surface area contributed by atoms with Crippen LogP contribution in [0.2, 0.25) is 0 Å². The first-order valence-corrected chi connectivity index (χ1v) is 6.59. The molecule has 0 saturated carbocycles. The van der Waals surface area contributed by atoms with Gasteiger partial charge in [-0.3, -0.25) is 0 Å². The topological polar surface area (TPSA) is 55.6 Å². The van der Waals surface area contributed by atoms with Crippen molar-refractivity contribution in [2.75, 3.05) is 14.1 Å². The van der Waals surface area contributed by atoms with Crippen molar-refractivity contribution in [3.63, 3.8) is 0 Å². The zero-order valence-corrected chi connectivity index (χ0v) is 12.0. The summed E-state index contributed by atoms with van der Waals surface area (Å²) < 4.78 is 23.4. The van der Waals surface area contributed by atoms with Crippen molar-refractivity contribution in [2.24, 2.45) is 0 Å². The van der Waals surface area contributed by atoms with Crippen molar-refractivity contribution in [2.45, 2.75) is 0 Å². The van der Waals surface area contributed by atoms with Crippen LogP contribution in [0.25, 0.3) is 22.2 Å². The maximum Gasteiger partial charge on any atom is 0.414 e. The number of carbonyl (C=O) groups excluding carboxylic acids is 1. The molecule has 3 rings (SSSR count). The Morgan fingerprint density at radius 1 is 1.18 bits per heavy atom. The van der Waals surface area contributed by atoms with E-state index in [9.17, 15) is 9.18 Å². The van der Waals surface area contributed by atoms with E-state index in [4.69, 9.17) is 9.26 Å². The zero-order valence-electron chi connectivity index (χ0n) is 12.0. The Bertz CT molecular complexity index is 825. The minimum absolute atomic E-state index is 0.311. The van der Waals surface area contributed by atoms with E-state index in [0.717, 1.165) is 10.9 Å². The van der Waals surface area contributed by atoms with E-state index in [-0.39, 0.29) is 5.82 Å². The van der Waals surface area contributed by atoms with Gasteiger partial charge in [0.1, 0.15) is 17.3 Å². The molecule has 22 heavy (non-hydrogen) atoms. The van der Waals surface area contributed by atoms with Crippen LogP contribution in [0.5, 0.6) is 5.75 Å². The fourth-order valence-corrected chi connectivity index (χ4v) is 1.99. The molecule has 0 aliphatic heterocycles. The van der Waals surface area contributed by atoms with Gasteiger partial charge in [-0.1, -0.05) is 5.16 Å². The van der Waals surface area contributed by atoms with Crippen LogP contribution in [-0.2, 0) is 0 Å². The Labute approximate surface area is 125 Å². The van der Waals surface area contributed by atoms with Gasteiger partial charge in [-0.15, -0.1) is 0 Å². The second-order valence-electron chi connectivity index (χ2n) is 4.96. The Morgan fingerprint density at radius 3 is 2.59 bits per heavy atom. The van der Waals surface area contributed by atoms with Gasteiger partial charge < -0.3 is 14.2 Å². The van der Waals surface area contributed by atoms with E-state index in [2.05, 4.69) is 5.16 Å². The Balaban J connectivity index is 1.96. The first-order valence-electron chi connectivity index (χ1n) is 6.59. The van der Waals surface area contributed by atoms with Crippen LogP contribution in [-0.4, -0.2) is 30.2 Å². The number of ether oxygens (including phenoxy) is 1. The van der Waals surface area contributed by atoms with Crippen molar-refractivity contribution in [1.82, 2.24) is 10.1 Å². The smallest absolute Gasteiger partial charge is 0.410 e. The van der Waals surface area contributed by atoms with Gasteiger partial charge in [0.2, 0.25) is 0 Å². The summed E-state index contributed by atoms with van der Waals surface area (Å²) in [6.07, 6.45) is -0.474. The second kappa shape index (κ2) is 5.48. The van der Waals surface area contributed by atoms with Crippen molar-refractivity contribution in [1.29, 1.82) is 0 Å².